The maximum absolute atomic E-state index is 5.83. The first-order valence-electron chi connectivity index (χ1n) is 6.10. The first kappa shape index (κ1) is 14.2. The third kappa shape index (κ3) is 6.41. The minimum Gasteiger partial charge on any atom is -0.382 e. The van der Waals surface area contributed by atoms with E-state index < -0.39 is 0 Å². The van der Waals surface area contributed by atoms with E-state index in [1.165, 1.54) is 5.56 Å². The van der Waals surface area contributed by atoms with Crippen molar-refractivity contribution in [2.24, 2.45) is 0 Å². The SMILES string of the molecule is COCC(CNC(C)C)OCc1ccccc1. The zero-order valence-electron chi connectivity index (χ0n) is 11.0. The van der Waals surface area contributed by atoms with Crippen LogP contribution < -0.4 is 5.32 Å². The maximum Gasteiger partial charge on any atom is 0.0936 e. The minimum atomic E-state index is 0.0996. The Labute approximate surface area is 104 Å². The zero-order valence-corrected chi connectivity index (χ0v) is 11.0. The van der Waals surface area contributed by atoms with Crippen molar-refractivity contribution in [2.75, 3.05) is 20.3 Å². The smallest absolute Gasteiger partial charge is 0.0936 e. The molecular weight excluding hydrogens is 214 g/mol. The summed E-state index contributed by atoms with van der Waals surface area (Å²) < 4.78 is 11.0. The van der Waals surface area contributed by atoms with E-state index in [1.807, 2.05) is 18.2 Å². The van der Waals surface area contributed by atoms with Gasteiger partial charge in [-0.15, -0.1) is 0 Å². The molecule has 0 saturated heterocycles. The molecule has 3 nitrogen and oxygen atoms in total. The quantitative estimate of drug-likeness (QED) is 0.752. The zero-order chi connectivity index (χ0) is 12.5. The lowest BCUT2D eigenvalue weighted by Gasteiger charge is -2.19. The number of hydrogen-bond donors (Lipinski definition) is 1. The van der Waals surface area contributed by atoms with Crippen molar-refractivity contribution in [1.29, 1.82) is 0 Å². The Bertz CT molecular complexity index is 288. The molecule has 0 aromatic heterocycles. The van der Waals surface area contributed by atoms with E-state index in [2.05, 4.69) is 31.3 Å². The summed E-state index contributed by atoms with van der Waals surface area (Å²) in [7, 11) is 1.70. The van der Waals surface area contributed by atoms with Gasteiger partial charge in [0.15, 0.2) is 0 Å². The van der Waals surface area contributed by atoms with Crippen LogP contribution in [0, 0.1) is 0 Å². The van der Waals surface area contributed by atoms with Crippen molar-refractivity contribution in [3.05, 3.63) is 35.9 Å². The predicted octanol–water partition coefficient (Wildman–Crippen LogP) is 2.22. The Balaban J connectivity index is 2.33. The summed E-state index contributed by atoms with van der Waals surface area (Å²) in [6, 6.07) is 10.7. The Morgan fingerprint density at radius 3 is 2.47 bits per heavy atom. The summed E-state index contributed by atoms with van der Waals surface area (Å²) in [5.41, 5.74) is 1.19. The third-order valence-electron chi connectivity index (χ3n) is 2.43. The molecule has 0 bridgehead atoms. The molecule has 0 heterocycles. The van der Waals surface area contributed by atoms with Crippen LogP contribution in [0.4, 0.5) is 0 Å². The highest BCUT2D eigenvalue weighted by Crippen LogP contribution is 2.03. The van der Waals surface area contributed by atoms with Gasteiger partial charge >= 0.3 is 0 Å². The van der Waals surface area contributed by atoms with Crippen LogP contribution in [0.5, 0.6) is 0 Å². The van der Waals surface area contributed by atoms with Crippen molar-refractivity contribution >= 4 is 0 Å². The fourth-order valence-electron chi connectivity index (χ4n) is 1.51. The van der Waals surface area contributed by atoms with Gasteiger partial charge in [-0.25, -0.2) is 0 Å². The average molecular weight is 237 g/mol. The highest BCUT2D eigenvalue weighted by molar-refractivity contribution is 5.13. The van der Waals surface area contributed by atoms with Crippen molar-refractivity contribution in [2.45, 2.75) is 32.6 Å². The molecule has 0 spiro atoms. The van der Waals surface area contributed by atoms with E-state index in [4.69, 9.17) is 9.47 Å². The van der Waals surface area contributed by atoms with Gasteiger partial charge in [0.25, 0.3) is 0 Å². The van der Waals surface area contributed by atoms with E-state index in [0.717, 1.165) is 6.54 Å². The van der Waals surface area contributed by atoms with Gasteiger partial charge in [0.05, 0.1) is 19.3 Å². The molecule has 0 aliphatic rings. The lowest BCUT2D eigenvalue weighted by molar-refractivity contribution is -0.0109. The fraction of sp³-hybridized carbons (Fsp3) is 0.571. The maximum atomic E-state index is 5.83. The van der Waals surface area contributed by atoms with Crippen LogP contribution >= 0.6 is 0 Å². The average Bonchev–Trinajstić information content (AvgIpc) is 2.34. The van der Waals surface area contributed by atoms with Gasteiger partial charge in [0, 0.05) is 19.7 Å². The van der Waals surface area contributed by atoms with Crippen LogP contribution in [0.25, 0.3) is 0 Å². The molecule has 0 fully saturated rings. The molecule has 96 valence electrons. The summed E-state index contributed by atoms with van der Waals surface area (Å²) in [5, 5.41) is 3.36. The molecule has 1 N–H and O–H groups in total. The Kier molecular flexibility index (Phi) is 6.86. The van der Waals surface area contributed by atoms with E-state index in [9.17, 15) is 0 Å². The summed E-state index contributed by atoms with van der Waals surface area (Å²) in [6.07, 6.45) is 0.0996. The van der Waals surface area contributed by atoms with Crippen LogP contribution in [-0.2, 0) is 16.1 Å². The number of methoxy groups -OCH3 is 1. The molecule has 1 rings (SSSR count). The summed E-state index contributed by atoms with van der Waals surface area (Å²) in [6.45, 7) is 6.32. The summed E-state index contributed by atoms with van der Waals surface area (Å²) in [4.78, 5) is 0. The molecular formula is C14H23NO2. The van der Waals surface area contributed by atoms with Gasteiger partial charge in [-0.05, 0) is 5.56 Å². The topological polar surface area (TPSA) is 30.5 Å². The van der Waals surface area contributed by atoms with Crippen LogP contribution in [-0.4, -0.2) is 32.4 Å². The first-order valence-corrected chi connectivity index (χ1v) is 6.10. The monoisotopic (exact) mass is 237 g/mol. The number of nitrogens with one attached hydrogen (secondary N) is 1. The van der Waals surface area contributed by atoms with Crippen LogP contribution in [0.2, 0.25) is 0 Å². The molecule has 0 aliphatic heterocycles. The molecule has 0 saturated carbocycles. The van der Waals surface area contributed by atoms with Gasteiger partial charge in [0.2, 0.25) is 0 Å². The second-order valence-corrected chi connectivity index (χ2v) is 4.44. The van der Waals surface area contributed by atoms with E-state index in [1.54, 1.807) is 7.11 Å². The van der Waals surface area contributed by atoms with Gasteiger partial charge in [-0.2, -0.15) is 0 Å². The second kappa shape index (κ2) is 8.23. The van der Waals surface area contributed by atoms with Crippen molar-refractivity contribution in [3.8, 4) is 0 Å². The van der Waals surface area contributed by atoms with E-state index in [0.29, 0.717) is 19.3 Å². The molecule has 3 heteroatoms. The van der Waals surface area contributed by atoms with E-state index >= 15 is 0 Å². The lowest BCUT2D eigenvalue weighted by atomic mass is 10.2. The van der Waals surface area contributed by atoms with Crippen molar-refractivity contribution in [3.63, 3.8) is 0 Å². The number of benzene rings is 1. The summed E-state index contributed by atoms with van der Waals surface area (Å²) >= 11 is 0. The number of hydrogen-bond acceptors (Lipinski definition) is 3. The van der Waals surface area contributed by atoms with Crippen molar-refractivity contribution < 1.29 is 9.47 Å². The third-order valence-corrected chi connectivity index (χ3v) is 2.43. The Morgan fingerprint density at radius 2 is 1.88 bits per heavy atom. The molecule has 1 unspecified atom stereocenters. The predicted molar refractivity (Wildman–Crippen MR) is 70.0 cm³/mol. The number of ether oxygens (including phenoxy) is 2. The first-order chi connectivity index (χ1) is 8.22. The molecule has 1 aromatic carbocycles. The van der Waals surface area contributed by atoms with Gasteiger partial charge in [-0.1, -0.05) is 44.2 Å². The largest absolute Gasteiger partial charge is 0.382 e. The molecule has 17 heavy (non-hydrogen) atoms. The Morgan fingerprint density at radius 1 is 1.18 bits per heavy atom. The Hall–Kier alpha value is -0.900. The van der Waals surface area contributed by atoms with Crippen molar-refractivity contribution in [1.82, 2.24) is 5.32 Å². The summed E-state index contributed by atoms with van der Waals surface area (Å²) in [5.74, 6) is 0. The molecule has 1 atom stereocenters. The van der Waals surface area contributed by atoms with Crippen LogP contribution in [0.15, 0.2) is 30.3 Å². The van der Waals surface area contributed by atoms with Gasteiger partial charge in [-0.3, -0.25) is 0 Å². The highest BCUT2D eigenvalue weighted by atomic mass is 16.5. The van der Waals surface area contributed by atoms with Gasteiger partial charge in [0.1, 0.15) is 0 Å². The lowest BCUT2D eigenvalue weighted by Crippen LogP contribution is -2.36. The van der Waals surface area contributed by atoms with E-state index in [-0.39, 0.29) is 6.10 Å². The van der Waals surface area contributed by atoms with Crippen LogP contribution in [0.3, 0.4) is 0 Å². The van der Waals surface area contributed by atoms with Gasteiger partial charge < -0.3 is 14.8 Å². The normalized spacial score (nSPS) is 12.9. The molecule has 0 aliphatic carbocycles. The molecule has 1 aromatic rings. The molecule has 0 radical (unpaired) electrons. The fourth-order valence-corrected chi connectivity index (χ4v) is 1.51. The minimum absolute atomic E-state index is 0.0996. The standard InChI is InChI=1S/C14H23NO2/c1-12(2)15-9-14(11-16-3)17-10-13-7-5-4-6-8-13/h4-8,12,14-15H,9-11H2,1-3H3. The van der Waals surface area contributed by atoms with Crippen LogP contribution in [0.1, 0.15) is 19.4 Å². The highest BCUT2D eigenvalue weighted by Gasteiger charge is 2.09. The second-order valence-electron chi connectivity index (χ2n) is 4.44. The number of rotatable bonds is 8. The molecule has 0 amide bonds.